The maximum absolute atomic E-state index is 14.1. The molecule has 1 aliphatic rings. The number of benzene rings is 2. The molecule has 3 rings (SSSR count). The van der Waals surface area contributed by atoms with E-state index in [2.05, 4.69) is 57.3 Å². The zero-order valence-electron chi connectivity index (χ0n) is 30.9. The monoisotopic (exact) mass is 678 g/mol. The minimum Gasteiger partial charge on any atom is -0.392 e. The Morgan fingerprint density at radius 2 is 1.31 bits per heavy atom. The largest absolute Gasteiger partial charge is 0.392 e. The van der Waals surface area contributed by atoms with E-state index in [-0.39, 0.29) is 16.9 Å². The lowest BCUT2D eigenvalue weighted by molar-refractivity contribution is -0.162. The van der Waals surface area contributed by atoms with Crippen LogP contribution in [0.2, 0.25) is 5.04 Å². The van der Waals surface area contributed by atoms with Gasteiger partial charge in [-0.05, 0) is 41.1 Å². The van der Waals surface area contributed by atoms with Gasteiger partial charge in [-0.3, -0.25) is 9.59 Å². The van der Waals surface area contributed by atoms with Gasteiger partial charge in [-0.2, -0.15) is 0 Å². The Bertz CT molecular complexity index is 1150. The van der Waals surface area contributed by atoms with E-state index in [0.29, 0.717) is 19.4 Å². The first kappa shape index (κ1) is 40.0. The van der Waals surface area contributed by atoms with Gasteiger partial charge in [0.25, 0.3) is 14.2 Å². The van der Waals surface area contributed by atoms with Crippen LogP contribution in [-0.2, 0) is 14.1 Å². The molecule has 1 aliphatic heterocycles. The summed E-state index contributed by atoms with van der Waals surface area (Å²) in [6.07, 6.45) is 18.7. The Morgan fingerprint density at radius 3 is 1.79 bits per heavy atom. The van der Waals surface area contributed by atoms with Crippen LogP contribution in [0.25, 0.3) is 0 Å². The SMILES string of the molecule is CCCCCCCCCCCCCCC[C@@H](O)[C@H](C)C(=O)N[C@@H]1CCCCN(O[Si](c2ccccc2)(c2ccccc2)C(C)(C)C)C1=O. The third-order valence-corrected chi connectivity index (χ3v) is 15.1. The van der Waals surface area contributed by atoms with Crippen molar-refractivity contribution >= 4 is 30.5 Å². The van der Waals surface area contributed by atoms with Crippen LogP contribution in [0.4, 0.5) is 0 Å². The first-order valence-electron chi connectivity index (χ1n) is 19.2. The Hall–Kier alpha value is -2.48. The van der Waals surface area contributed by atoms with Gasteiger partial charge in [-0.25, -0.2) is 5.06 Å². The Morgan fingerprint density at radius 1 is 0.833 bits per heavy atom. The number of hydrogen-bond acceptors (Lipinski definition) is 4. The lowest BCUT2D eigenvalue weighted by atomic mass is 9.97. The van der Waals surface area contributed by atoms with E-state index < -0.39 is 26.4 Å². The summed E-state index contributed by atoms with van der Waals surface area (Å²) in [6.45, 7) is 11.1. The van der Waals surface area contributed by atoms with Gasteiger partial charge in [0.15, 0.2) is 0 Å². The van der Waals surface area contributed by atoms with Gasteiger partial charge in [0.05, 0.1) is 12.0 Å². The molecule has 7 heteroatoms. The highest BCUT2D eigenvalue weighted by molar-refractivity contribution is 6.99. The number of nitrogens with one attached hydrogen (secondary N) is 1. The Balaban J connectivity index is 1.52. The lowest BCUT2D eigenvalue weighted by Gasteiger charge is -2.45. The fraction of sp³-hybridized carbons (Fsp3) is 0.659. The number of unbranched alkanes of at least 4 members (excludes halogenated alkanes) is 12. The second-order valence-corrected chi connectivity index (χ2v) is 19.3. The maximum Gasteiger partial charge on any atom is 0.296 e. The van der Waals surface area contributed by atoms with Crippen molar-refractivity contribution in [2.45, 2.75) is 161 Å². The number of hydroxylamine groups is 2. The molecule has 0 aliphatic carbocycles. The fourth-order valence-electron chi connectivity index (χ4n) is 7.12. The molecule has 0 aromatic heterocycles. The zero-order valence-corrected chi connectivity index (χ0v) is 31.9. The van der Waals surface area contributed by atoms with Crippen LogP contribution in [0, 0.1) is 5.92 Å². The third-order valence-electron chi connectivity index (χ3n) is 10.2. The molecule has 2 N–H and O–H groups in total. The Labute approximate surface area is 293 Å². The van der Waals surface area contributed by atoms with E-state index in [0.717, 1.165) is 36.1 Å². The predicted octanol–water partition coefficient (Wildman–Crippen LogP) is 8.45. The van der Waals surface area contributed by atoms with E-state index in [1.54, 1.807) is 12.0 Å². The van der Waals surface area contributed by atoms with Crippen LogP contribution in [0.15, 0.2) is 60.7 Å². The molecular formula is C41H66N2O4Si. The summed E-state index contributed by atoms with van der Waals surface area (Å²) in [5.74, 6) is -1.04. The molecule has 2 aromatic rings. The molecule has 48 heavy (non-hydrogen) atoms. The highest BCUT2D eigenvalue weighted by atomic mass is 28.4. The number of carbonyl (C=O) groups is 2. The number of nitrogens with zero attached hydrogens (tertiary/aromatic N) is 1. The van der Waals surface area contributed by atoms with Gasteiger partial charge >= 0.3 is 0 Å². The topological polar surface area (TPSA) is 78.9 Å². The van der Waals surface area contributed by atoms with Crippen LogP contribution in [0.5, 0.6) is 0 Å². The summed E-state index contributed by atoms with van der Waals surface area (Å²) >= 11 is 0. The summed E-state index contributed by atoms with van der Waals surface area (Å²) in [5.41, 5.74) is 0. The first-order valence-corrected chi connectivity index (χ1v) is 21.1. The van der Waals surface area contributed by atoms with Gasteiger partial charge < -0.3 is 15.0 Å². The van der Waals surface area contributed by atoms with Gasteiger partial charge in [0, 0.05) is 6.54 Å². The van der Waals surface area contributed by atoms with Crippen molar-refractivity contribution in [3.63, 3.8) is 0 Å². The predicted molar refractivity (Wildman–Crippen MR) is 202 cm³/mol. The van der Waals surface area contributed by atoms with Crippen LogP contribution in [0.3, 0.4) is 0 Å². The average Bonchev–Trinajstić information content (AvgIpc) is 3.25. The van der Waals surface area contributed by atoms with Gasteiger partial charge in [0.2, 0.25) is 5.91 Å². The van der Waals surface area contributed by atoms with Crippen molar-refractivity contribution in [2.75, 3.05) is 6.54 Å². The highest BCUT2D eigenvalue weighted by Gasteiger charge is 2.53. The molecule has 6 nitrogen and oxygen atoms in total. The summed E-state index contributed by atoms with van der Waals surface area (Å²) in [6, 6.07) is 19.9. The maximum atomic E-state index is 14.1. The number of aliphatic hydroxyl groups excluding tert-OH is 1. The number of rotatable bonds is 21. The molecule has 2 aromatic carbocycles. The minimum absolute atomic E-state index is 0.202. The second kappa shape index (κ2) is 20.9. The van der Waals surface area contributed by atoms with Gasteiger partial charge in [-0.15, -0.1) is 0 Å². The standard InChI is InChI=1S/C41H66N2O4Si/c1-6-7-8-9-10-11-12-13-14-15-16-17-24-32-38(44)34(2)39(45)42-37-31-25-26-33-43(40(37)46)47-48(41(3,4)5,35-27-20-18-21-28-35)36-29-22-19-23-30-36/h18-23,27-30,34,37-38,44H,6-17,24-26,31-33H2,1-5H3,(H,42,45)/t34-,37+,38+/m0/s1. The lowest BCUT2D eigenvalue weighted by Crippen LogP contribution is -2.69. The van der Waals surface area contributed by atoms with Gasteiger partial charge in [0.1, 0.15) is 6.04 Å². The molecule has 1 fully saturated rings. The van der Waals surface area contributed by atoms with Crippen LogP contribution in [-0.4, -0.2) is 49.0 Å². The molecule has 1 saturated heterocycles. The Kier molecular flexibility index (Phi) is 17.4. The van der Waals surface area contributed by atoms with Crippen molar-refractivity contribution in [1.29, 1.82) is 0 Å². The van der Waals surface area contributed by atoms with Crippen molar-refractivity contribution in [2.24, 2.45) is 5.92 Å². The normalized spacial score (nSPS) is 17.2. The minimum atomic E-state index is -3.00. The van der Waals surface area contributed by atoms with Crippen LogP contribution >= 0.6 is 0 Å². The summed E-state index contributed by atoms with van der Waals surface area (Å²) < 4.78 is 7.08. The van der Waals surface area contributed by atoms with E-state index in [1.807, 2.05) is 36.4 Å². The molecular weight excluding hydrogens is 613 g/mol. The highest BCUT2D eigenvalue weighted by Crippen LogP contribution is 2.38. The van der Waals surface area contributed by atoms with Gasteiger partial charge in [-0.1, -0.05) is 179 Å². The van der Waals surface area contributed by atoms with Crippen LogP contribution < -0.4 is 15.7 Å². The quantitative estimate of drug-likeness (QED) is 0.103. The number of hydrogen-bond donors (Lipinski definition) is 2. The molecule has 268 valence electrons. The van der Waals surface area contributed by atoms with Crippen molar-refractivity contribution in [3.05, 3.63) is 60.7 Å². The summed E-state index contributed by atoms with van der Waals surface area (Å²) in [4.78, 5) is 27.5. The average molecular weight is 679 g/mol. The van der Waals surface area contributed by atoms with E-state index in [1.165, 1.54) is 70.6 Å². The fourth-order valence-corrected chi connectivity index (χ4v) is 11.5. The number of amides is 2. The van der Waals surface area contributed by atoms with Crippen molar-refractivity contribution in [3.8, 4) is 0 Å². The second-order valence-electron chi connectivity index (χ2n) is 15.1. The summed E-state index contributed by atoms with van der Waals surface area (Å²) in [5, 5.41) is 17.4. The molecule has 0 spiro atoms. The molecule has 0 radical (unpaired) electrons. The molecule has 0 unspecified atom stereocenters. The molecule has 2 amide bonds. The molecule has 1 heterocycles. The smallest absolute Gasteiger partial charge is 0.296 e. The number of carbonyl (C=O) groups excluding carboxylic acids is 2. The van der Waals surface area contributed by atoms with E-state index >= 15 is 0 Å². The van der Waals surface area contributed by atoms with Crippen molar-refractivity contribution in [1.82, 2.24) is 10.4 Å². The van der Waals surface area contributed by atoms with E-state index in [9.17, 15) is 14.7 Å². The van der Waals surface area contributed by atoms with E-state index in [4.69, 9.17) is 4.53 Å². The third kappa shape index (κ3) is 11.8. The molecule has 0 saturated carbocycles. The molecule has 3 atom stereocenters. The first-order chi connectivity index (χ1) is 23.1. The van der Waals surface area contributed by atoms with Crippen LogP contribution in [0.1, 0.15) is 144 Å². The zero-order chi connectivity index (χ0) is 34.8. The summed E-state index contributed by atoms with van der Waals surface area (Å²) in [7, 11) is -3.00. The molecule has 0 bridgehead atoms. The van der Waals surface area contributed by atoms with Crippen molar-refractivity contribution < 1.29 is 19.2 Å². The number of aliphatic hydroxyl groups is 1.